The van der Waals surface area contributed by atoms with Crippen molar-refractivity contribution in [2.75, 3.05) is 5.75 Å². The van der Waals surface area contributed by atoms with E-state index in [0.29, 0.717) is 18.3 Å². The third kappa shape index (κ3) is 4.31. The largest absolute Gasteiger partial charge is 0.351 e. The zero-order valence-corrected chi connectivity index (χ0v) is 14.1. The molecule has 122 valence electrons. The summed E-state index contributed by atoms with van der Waals surface area (Å²) >= 11 is 1.40. The normalized spacial score (nSPS) is 15.0. The van der Waals surface area contributed by atoms with Crippen LogP contribution in [-0.4, -0.2) is 31.9 Å². The van der Waals surface area contributed by atoms with Crippen LogP contribution >= 0.6 is 11.8 Å². The first kappa shape index (κ1) is 16.0. The number of rotatable bonds is 6. The summed E-state index contributed by atoms with van der Waals surface area (Å²) in [4.78, 5) is 12.0. The van der Waals surface area contributed by atoms with Crippen LogP contribution in [0, 0.1) is 6.92 Å². The zero-order chi connectivity index (χ0) is 16.1. The SMILES string of the molecule is Cc1ccc(CNC(=O)CSc2nnnn2C2CCCC2)cc1. The number of benzene rings is 1. The van der Waals surface area contributed by atoms with Crippen LogP contribution in [0.3, 0.4) is 0 Å². The lowest BCUT2D eigenvalue weighted by molar-refractivity contribution is -0.118. The van der Waals surface area contributed by atoms with Crippen LogP contribution in [0.15, 0.2) is 29.4 Å². The second-order valence-electron chi connectivity index (χ2n) is 5.90. The van der Waals surface area contributed by atoms with Gasteiger partial charge in [0, 0.05) is 6.54 Å². The van der Waals surface area contributed by atoms with E-state index >= 15 is 0 Å². The predicted octanol–water partition coefficient (Wildman–Crippen LogP) is 2.51. The van der Waals surface area contributed by atoms with Gasteiger partial charge in [0.2, 0.25) is 11.1 Å². The first-order chi connectivity index (χ1) is 11.2. The standard InChI is InChI=1S/C16H21N5OS/c1-12-6-8-13(9-7-12)10-17-15(22)11-23-16-18-19-20-21(16)14-4-2-3-5-14/h6-9,14H,2-5,10-11H2,1H3,(H,17,22). The minimum absolute atomic E-state index is 0.00320. The second kappa shape index (κ2) is 7.59. The van der Waals surface area contributed by atoms with Gasteiger partial charge in [-0.25, -0.2) is 4.68 Å². The minimum Gasteiger partial charge on any atom is -0.351 e. The van der Waals surface area contributed by atoms with Gasteiger partial charge >= 0.3 is 0 Å². The van der Waals surface area contributed by atoms with Crippen LogP contribution in [0.5, 0.6) is 0 Å². The van der Waals surface area contributed by atoms with Gasteiger partial charge < -0.3 is 5.32 Å². The third-order valence-corrected chi connectivity index (χ3v) is 5.01. The van der Waals surface area contributed by atoms with Gasteiger partial charge in [-0.05, 0) is 35.8 Å². The maximum Gasteiger partial charge on any atom is 0.230 e. The first-order valence-corrected chi connectivity index (χ1v) is 8.94. The van der Waals surface area contributed by atoms with E-state index in [1.807, 2.05) is 35.9 Å². The van der Waals surface area contributed by atoms with E-state index in [4.69, 9.17) is 0 Å². The molecule has 6 nitrogen and oxygen atoms in total. The van der Waals surface area contributed by atoms with Crippen molar-refractivity contribution in [3.8, 4) is 0 Å². The van der Waals surface area contributed by atoms with Gasteiger partial charge in [0.05, 0.1) is 11.8 Å². The quantitative estimate of drug-likeness (QED) is 0.823. The summed E-state index contributed by atoms with van der Waals surface area (Å²) in [6.07, 6.45) is 4.70. The van der Waals surface area contributed by atoms with Gasteiger partial charge in [-0.3, -0.25) is 4.79 Å². The number of hydrogen-bond acceptors (Lipinski definition) is 5. The van der Waals surface area contributed by atoms with Crippen molar-refractivity contribution >= 4 is 17.7 Å². The minimum atomic E-state index is -0.00320. The van der Waals surface area contributed by atoms with Crippen molar-refractivity contribution in [3.63, 3.8) is 0 Å². The molecule has 0 bridgehead atoms. The van der Waals surface area contributed by atoms with Crippen molar-refractivity contribution in [1.82, 2.24) is 25.5 Å². The molecule has 0 saturated heterocycles. The van der Waals surface area contributed by atoms with Crippen LogP contribution in [-0.2, 0) is 11.3 Å². The number of carbonyl (C=O) groups excluding carboxylic acids is 1. The molecule has 0 aliphatic heterocycles. The molecule has 3 rings (SSSR count). The van der Waals surface area contributed by atoms with Crippen molar-refractivity contribution < 1.29 is 4.79 Å². The number of amides is 1. The van der Waals surface area contributed by atoms with E-state index in [-0.39, 0.29) is 5.91 Å². The summed E-state index contributed by atoms with van der Waals surface area (Å²) in [5, 5.41) is 15.6. The smallest absolute Gasteiger partial charge is 0.230 e. The Morgan fingerprint density at radius 3 is 2.78 bits per heavy atom. The van der Waals surface area contributed by atoms with Gasteiger partial charge in [0.25, 0.3) is 0 Å². The Balaban J connectivity index is 1.47. The summed E-state index contributed by atoms with van der Waals surface area (Å²) < 4.78 is 1.88. The van der Waals surface area contributed by atoms with E-state index in [0.717, 1.165) is 23.6 Å². The number of aromatic nitrogens is 4. The number of aryl methyl sites for hydroxylation is 1. The molecule has 7 heteroatoms. The van der Waals surface area contributed by atoms with E-state index in [1.165, 1.54) is 30.2 Å². The Morgan fingerprint density at radius 1 is 1.30 bits per heavy atom. The van der Waals surface area contributed by atoms with Gasteiger partial charge in [-0.1, -0.05) is 54.4 Å². The number of tetrazole rings is 1. The van der Waals surface area contributed by atoms with Crippen LogP contribution in [0.1, 0.15) is 42.9 Å². The predicted molar refractivity (Wildman–Crippen MR) is 89.1 cm³/mol. The molecule has 2 aromatic rings. The molecule has 1 saturated carbocycles. The van der Waals surface area contributed by atoms with E-state index in [9.17, 15) is 4.79 Å². The fourth-order valence-electron chi connectivity index (χ4n) is 2.75. The molecule has 1 heterocycles. The van der Waals surface area contributed by atoms with Gasteiger partial charge in [0.1, 0.15) is 0 Å². The number of nitrogens with one attached hydrogen (secondary N) is 1. The molecular formula is C16H21N5OS. The Morgan fingerprint density at radius 2 is 2.04 bits per heavy atom. The average Bonchev–Trinajstić information content (AvgIpc) is 3.23. The highest BCUT2D eigenvalue weighted by Gasteiger charge is 2.21. The fourth-order valence-corrected chi connectivity index (χ4v) is 3.52. The molecule has 1 amide bonds. The summed E-state index contributed by atoms with van der Waals surface area (Å²) in [6, 6.07) is 8.55. The molecule has 1 N–H and O–H groups in total. The Labute approximate surface area is 140 Å². The van der Waals surface area contributed by atoms with Crippen molar-refractivity contribution in [3.05, 3.63) is 35.4 Å². The lowest BCUT2D eigenvalue weighted by Crippen LogP contribution is -2.24. The van der Waals surface area contributed by atoms with E-state index < -0.39 is 0 Å². The summed E-state index contributed by atoms with van der Waals surface area (Å²) in [6.45, 7) is 2.60. The number of hydrogen-bond donors (Lipinski definition) is 1. The number of thioether (sulfide) groups is 1. The van der Waals surface area contributed by atoms with Crippen LogP contribution in [0.25, 0.3) is 0 Å². The summed E-state index contributed by atoms with van der Waals surface area (Å²) in [5.74, 6) is 0.329. The van der Waals surface area contributed by atoms with Crippen LogP contribution in [0.4, 0.5) is 0 Å². The average molecular weight is 331 g/mol. The highest BCUT2D eigenvalue weighted by Crippen LogP contribution is 2.31. The lowest BCUT2D eigenvalue weighted by atomic mass is 10.1. The van der Waals surface area contributed by atoms with Crippen LogP contribution in [0.2, 0.25) is 0 Å². The van der Waals surface area contributed by atoms with Crippen molar-refractivity contribution in [2.24, 2.45) is 0 Å². The summed E-state index contributed by atoms with van der Waals surface area (Å²) in [5.41, 5.74) is 2.32. The molecular weight excluding hydrogens is 310 g/mol. The second-order valence-corrected chi connectivity index (χ2v) is 6.84. The molecule has 1 aromatic heterocycles. The van der Waals surface area contributed by atoms with E-state index in [2.05, 4.69) is 20.8 Å². The molecule has 1 aliphatic carbocycles. The fraction of sp³-hybridized carbons (Fsp3) is 0.500. The molecule has 23 heavy (non-hydrogen) atoms. The van der Waals surface area contributed by atoms with Crippen molar-refractivity contribution in [2.45, 2.75) is 50.4 Å². The highest BCUT2D eigenvalue weighted by molar-refractivity contribution is 7.99. The zero-order valence-electron chi connectivity index (χ0n) is 13.2. The Hall–Kier alpha value is -1.89. The Kier molecular flexibility index (Phi) is 5.27. The molecule has 1 aliphatic rings. The molecule has 0 unspecified atom stereocenters. The topological polar surface area (TPSA) is 72.7 Å². The monoisotopic (exact) mass is 331 g/mol. The number of nitrogens with zero attached hydrogens (tertiary/aromatic N) is 4. The molecule has 1 fully saturated rings. The molecule has 0 spiro atoms. The maximum atomic E-state index is 12.0. The van der Waals surface area contributed by atoms with E-state index in [1.54, 1.807) is 0 Å². The number of carbonyl (C=O) groups is 1. The van der Waals surface area contributed by atoms with Gasteiger partial charge in [-0.15, -0.1) is 5.10 Å². The summed E-state index contributed by atoms with van der Waals surface area (Å²) in [7, 11) is 0. The Bertz CT molecular complexity index is 649. The lowest BCUT2D eigenvalue weighted by Gasteiger charge is -2.10. The molecule has 0 radical (unpaired) electrons. The van der Waals surface area contributed by atoms with Crippen LogP contribution < -0.4 is 5.32 Å². The maximum absolute atomic E-state index is 12.0. The van der Waals surface area contributed by atoms with Crippen molar-refractivity contribution in [1.29, 1.82) is 0 Å². The van der Waals surface area contributed by atoms with Gasteiger partial charge in [-0.2, -0.15) is 0 Å². The highest BCUT2D eigenvalue weighted by atomic mass is 32.2. The van der Waals surface area contributed by atoms with Gasteiger partial charge in [0.15, 0.2) is 0 Å². The third-order valence-electron chi connectivity index (χ3n) is 4.08. The molecule has 0 atom stereocenters. The first-order valence-electron chi connectivity index (χ1n) is 7.95. The molecule has 1 aromatic carbocycles.